The Kier molecular flexibility index (Phi) is 5.45. The number of nitrogens with one attached hydrogen (secondary N) is 2. The van der Waals surface area contributed by atoms with Crippen LogP contribution in [0, 0.1) is 0 Å². The second kappa shape index (κ2) is 7.11. The van der Waals surface area contributed by atoms with Crippen molar-refractivity contribution in [1.29, 1.82) is 0 Å². The molecule has 2 N–H and O–H groups in total. The Morgan fingerprint density at radius 2 is 2.14 bits per heavy atom. The first-order valence-electron chi connectivity index (χ1n) is 6.59. The van der Waals surface area contributed by atoms with Gasteiger partial charge in [-0.1, -0.05) is 24.3 Å². The van der Waals surface area contributed by atoms with E-state index in [1.54, 1.807) is 12.1 Å². The van der Waals surface area contributed by atoms with E-state index in [-0.39, 0.29) is 24.4 Å². The van der Waals surface area contributed by atoms with Crippen LogP contribution in [0.15, 0.2) is 45.5 Å². The van der Waals surface area contributed by atoms with Crippen molar-refractivity contribution in [1.82, 2.24) is 10.6 Å². The van der Waals surface area contributed by atoms with Crippen LogP contribution in [0.3, 0.4) is 0 Å². The van der Waals surface area contributed by atoms with E-state index in [0.29, 0.717) is 17.0 Å². The Hall–Kier alpha value is -1.30. The highest BCUT2D eigenvalue weighted by Crippen LogP contribution is 2.22. The number of benzene rings is 1. The quantitative estimate of drug-likeness (QED) is 0.872. The van der Waals surface area contributed by atoms with Crippen molar-refractivity contribution in [2.75, 3.05) is 13.1 Å². The lowest BCUT2D eigenvalue weighted by Gasteiger charge is -2.26. The van der Waals surface area contributed by atoms with Gasteiger partial charge in [-0.15, -0.1) is 12.4 Å². The molecule has 0 bridgehead atoms. The molecule has 2 aromatic rings. The van der Waals surface area contributed by atoms with Crippen molar-refractivity contribution in [3.8, 4) is 0 Å². The lowest BCUT2D eigenvalue weighted by atomic mass is 9.94. The zero-order chi connectivity index (χ0) is 13.9. The van der Waals surface area contributed by atoms with Gasteiger partial charge in [-0.05, 0) is 52.2 Å². The topological polar surface area (TPSA) is 54.3 Å². The molecule has 1 amide bonds. The van der Waals surface area contributed by atoms with E-state index in [1.165, 1.54) is 11.1 Å². The first-order valence-corrected chi connectivity index (χ1v) is 7.38. The maximum atomic E-state index is 12.0. The molecule has 3 rings (SSSR count). The van der Waals surface area contributed by atoms with Crippen LogP contribution in [0.1, 0.15) is 27.7 Å². The van der Waals surface area contributed by atoms with Crippen molar-refractivity contribution in [3.63, 3.8) is 0 Å². The first-order chi connectivity index (χ1) is 9.74. The number of hydrogen-bond acceptors (Lipinski definition) is 3. The Morgan fingerprint density at radius 1 is 1.33 bits per heavy atom. The normalized spacial score (nSPS) is 16.7. The summed E-state index contributed by atoms with van der Waals surface area (Å²) >= 11 is 3.19. The fraction of sp³-hybridized carbons (Fsp3) is 0.267. The van der Waals surface area contributed by atoms with Gasteiger partial charge >= 0.3 is 0 Å². The molecule has 0 saturated heterocycles. The van der Waals surface area contributed by atoms with Crippen LogP contribution in [0.5, 0.6) is 0 Å². The Labute approximate surface area is 137 Å². The summed E-state index contributed by atoms with van der Waals surface area (Å²) in [6.07, 6.45) is 1.03. The number of carbonyl (C=O) groups excluding carboxylic acids is 1. The molecule has 0 fully saturated rings. The van der Waals surface area contributed by atoms with Crippen molar-refractivity contribution >= 4 is 34.2 Å². The summed E-state index contributed by atoms with van der Waals surface area (Å²) in [5.74, 6) is 0.126. The highest BCUT2D eigenvalue weighted by molar-refractivity contribution is 9.10. The van der Waals surface area contributed by atoms with Gasteiger partial charge in [0.05, 0.1) is 0 Å². The van der Waals surface area contributed by atoms with Crippen molar-refractivity contribution in [2.45, 2.75) is 12.5 Å². The van der Waals surface area contributed by atoms with Gasteiger partial charge in [-0.25, -0.2) is 0 Å². The Balaban J connectivity index is 0.00000161. The van der Waals surface area contributed by atoms with Gasteiger partial charge in [0.2, 0.25) is 0 Å². The van der Waals surface area contributed by atoms with Gasteiger partial charge in [0.15, 0.2) is 10.4 Å². The van der Waals surface area contributed by atoms with Crippen LogP contribution in [0.25, 0.3) is 0 Å². The minimum Gasteiger partial charge on any atom is -0.444 e. The zero-order valence-electron chi connectivity index (χ0n) is 11.3. The minimum atomic E-state index is -0.194. The van der Waals surface area contributed by atoms with E-state index in [2.05, 4.69) is 44.8 Å². The van der Waals surface area contributed by atoms with Gasteiger partial charge in [0.1, 0.15) is 0 Å². The highest BCUT2D eigenvalue weighted by atomic mass is 79.9. The van der Waals surface area contributed by atoms with Crippen LogP contribution in [0.2, 0.25) is 0 Å². The second-order valence-corrected chi connectivity index (χ2v) is 5.55. The fourth-order valence-electron chi connectivity index (χ4n) is 2.49. The number of rotatable bonds is 3. The monoisotopic (exact) mass is 370 g/mol. The van der Waals surface area contributed by atoms with E-state index in [0.717, 1.165) is 13.0 Å². The minimum absolute atomic E-state index is 0. The zero-order valence-corrected chi connectivity index (χ0v) is 13.7. The molecule has 2 heterocycles. The maximum Gasteiger partial charge on any atom is 0.287 e. The van der Waals surface area contributed by atoms with Gasteiger partial charge in [-0.3, -0.25) is 4.79 Å². The summed E-state index contributed by atoms with van der Waals surface area (Å²) in [6.45, 7) is 1.48. The molecule has 1 atom stereocenters. The summed E-state index contributed by atoms with van der Waals surface area (Å²) in [7, 11) is 0. The van der Waals surface area contributed by atoms with Crippen molar-refractivity contribution in [3.05, 3.63) is 58.0 Å². The molecule has 112 valence electrons. The molecular weight excluding hydrogens is 356 g/mol. The predicted molar refractivity (Wildman–Crippen MR) is 86.9 cm³/mol. The van der Waals surface area contributed by atoms with E-state index in [4.69, 9.17) is 4.42 Å². The van der Waals surface area contributed by atoms with E-state index >= 15 is 0 Å². The smallest absolute Gasteiger partial charge is 0.287 e. The van der Waals surface area contributed by atoms with Crippen molar-refractivity contribution in [2.24, 2.45) is 0 Å². The van der Waals surface area contributed by atoms with Crippen LogP contribution in [0.4, 0.5) is 0 Å². The number of fused-ring (bicyclic) bond motifs is 1. The lowest BCUT2D eigenvalue weighted by molar-refractivity contribution is 0.0920. The molecule has 0 radical (unpaired) electrons. The van der Waals surface area contributed by atoms with Gasteiger partial charge in [0, 0.05) is 12.6 Å². The number of hydrogen-bond donors (Lipinski definition) is 2. The summed E-state index contributed by atoms with van der Waals surface area (Å²) in [5.41, 5.74) is 2.62. The van der Waals surface area contributed by atoms with Crippen molar-refractivity contribution < 1.29 is 9.21 Å². The van der Waals surface area contributed by atoms with Gasteiger partial charge < -0.3 is 15.1 Å². The first kappa shape index (κ1) is 16.1. The maximum absolute atomic E-state index is 12.0. The average molecular weight is 372 g/mol. The third-order valence-electron chi connectivity index (χ3n) is 3.48. The number of furan rings is 1. The van der Waals surface area contributed by atoms with Gasteiger partial charge in [0.25, 0.3) is 5.91 Å². The average Bonchev–Trinajstić information content (AvgIpc) is 2.91. The summed E-state index contributed by atoms with van der Waals surface area (Å²) in [6, 6.07) is 11.9. The third kappa shape index (κ3) is 3.67. The molecule has 1 aromatic heterocycles. The number of halogens is 2. The molecular formula is C15H16BrClN2O2. The van der Waals surface area contributed by atoms with Crippen LogP contribution < -0.4 is 10.6 Å². The highest BCUT2D eigenvalue weighted by Gasteiger charge is 2.20. The van der Waals surface area contributed by atoms with Crippen LogP contribution >= 0.6 is 28.3 Å². The molecule has 1 unspecified atom stereocenters. The molecule has 0 spiro atoms. The Morgan fingerprint density at radius 3 is 2.90 bits per heavy atom. The lowest BCUT2D eigenvalue weighted by Crippen LogP contribution is -2.38. The number of carbonyl (C=O) groups is 1. The molecule has 1 aromatic carbocycles. The van der Waals surface area contributed by atoms with Crippen LogP contribution in [-0.4, -0.2) is 19.0 Å². The molecule has 4 nitrogen and oxygen atoms in total. The molecule has 0 aliphatic carbocycles. The summed E-state index contributed by atoms with van der Waals surface area (Å²) < 4.78 is 5.80. The molecule has 0 saturated carbocycles. The molecule has 1 aliphatic rings. The SMILES string of the molecule is Cl.O=C(NCC1NCCc2ccccc21)c1ccc(Br)o1. The second-order valence-electron chi connectivity index (χ2n) is 4.77. The summed E-state index contributed by atoms with van der Waals surface area (Å²) in [5, 5.41) is 6.34. The van der Waals surface area contributed by atoms with Crippen LogP contribution in [-0.2, 0) is 6.42 Å². The van der Waals surface area contributed by atoms with E-state index in [9.17, 15) is 4.79 Å². The van der Waals surface area contributed by atoms with E-state index < -0.39 is 0 Å². The van der Waals surface area contributed by atoms with E-state index in [1.807, 2.05) is 6.07 Å². The largest absolute Gasteiger partial charge is 0.444 e. The molecule has 21 heavy (non-hydrogen) atoms. The standard InChI is InChI=1S/C15H15BrN2O2.ClH/c16-14-6-5-13(20-14)15(19)18-9-12-11-4-2-1-3-10(11)7-8-17-12;/h1-6,12,17H,7-9H2,(H,18,19);1H. The number of amides is 1. The summed E-state index contributed by atoms with van der Waals surface area (Å²) in [4.78, 5) is 12.0. The molecule has 1 aliphatic heterocycles. The fourth-order valence-corrected chi connectivity index (χ4v) is 2.80. The molecule has 6 heteroatoms. The Bertz CT molecular complexity index is 630. The third-order valence-corrected chi connectivity index (χ3v) is 3.91. The predicted octanol–water partition coefficient (Wildman–Crippen LogP) is 3.08. The van der Waals surface area contributed by atoms with Gasteiger partial charge in [-0.2, -0.15) is 0 Å².